The minimum Gasteiger partial charge on any atom is -0.465 e. The minimum absolute atomic E-state index is 0.115. The fourth-order valence-corrected chi connectivity index (χ4v) is 3.32. The van der Waals surface area contributed by atoms with Gasteiger partial charge < -0.3 is 4.74 Å². The van der Waals surface area contributed by atoms with Gasteiger partial charge in [0.15, 0.2) is 0 Å². The van der Waals surface area contributed by atoms with Crippen molar-refractivity contribution in [3.8, 4) is 0 Å². The molecule has 6 nitrogen and oxygen atoms in total. The molecule has 0 spiro atoms. The molecular weight excluding hydrogens is 306 g/mol. The van der Waals surface area contributed by atoms with E-state index in [1.54, 1.807) is 0 Å². The number of amides is 1. The molecule has 1 aliphatic rings. The maximum Gasteiger partial charge on any atom is 0.337 e. The van der Waals surface area contributed by atoms with E-state index in [2.05, 4.69) is 9.46 Å². The van der Waals surface area contributed by atoms with Crippen molar-refractivity contribution >= 4 is 21.9 Å². The highest BCUT2D eigenvalue weighted by Crippen LogP contribution is 2.38. The first-order chi connectivity index (χ1) is 10.3. The smallest absolute Gasteiger partial charge is 0.337 e. The highest BCUT2D eigenvalue weighted by atomic mass is 32.2. The molecule has 1 aliphatic carbocycles. The maximum absolute atomic E-state index is 12.2. The second kappa shape index (κ2) is 6.48. The first-order valence-electron chi connectivity index (χ1n) is 7.07. The molecule has 0 bridgehead atoms. The van der Waals surface area contributed by atoms with Crippen LogP contribution in [0.2, 0.25) is 0 Å². The standard InChI is InChI=1S/C15H19NO5S/c1-10(11-6-7-11)8-14(17)16-22(19,20)13-5-3-4-12(9-13)15(18)21-2/h3-5,9-11H,6-8H2,1-2H3,(H,16,17). The molecule has 120 valence electrons. The molecule has 1 aromatic rings. The molecule has 1 saturated carbocycles. The van der Waals surface area contributed by atoms with Gasteiger partial charge in [-0.2, -0.15) is 0 Å². The number of nitrogens with one attached hydrogen (secondary N) is 1. The first-order valence-corrected chi connectivity index (χ1v) is 8.56. The van der Waals surface area contributed by atoms with E-state index in [4.69, 9.17) is 0 Å². The zero-order valence-electron chi connectivity index (χ0n) is 12.5. The summed E-state index contributed by atoms with van der Waals surface area (Å²) >= 11 is 0. The summed E-state index contributed by atoms with van der Waals surface area (Å²) in [7, 11) is -2.77. The number of rotatable bonds is 6. The van der Waals surface area contributed by atoms with E-state index in [0.29, 0.717) is 5.92 Å². The van der Waals surface area contributed by atoms with Gasteiger partial charge in [-0.15, -0.1) is 0 Å². The molecule has 0 radical (unpaired) electrons. The fraction of sp³-hybridized carbons (Fsp3) is 0.467. The van der Waals surface area contributed by atoms with Crippen LogP contribution in [0.25, 0.3) is 0 Å². The highest BCUT2D eigenvalue weighted by Gasteiger charge is 2.30. The Morgan fingerprint density at radius 2 is 2.05 bits per heavy atom. The van der Waals surface area contributed by atoms with Crippen molar-refractivity contribution in [2.75, 3.05) is 7.11 Å². The van der Waals surface area contributed by atoms with Crippen molar-refractivity contribution in [2.24, 2.45) is 11.8 Å². The average Bonchev–Trinajstić information content (AvgIpc) is 3.30. The monoisotopic (exact) mass is 325 g/mol. The van der Waals surface area contributed by atoms with Crippen molar-refractivity contribution in [3.05, 3.63) is 29.8 Å². The Kier molecular flexibility index (Phi) is 4.85. The van der Waals surface area contributed by atoms with Gasteiger partial charge in [0, 0.05) is 6.42 Å². The van der Waals surface area contributed by atoms with Crippen LogP contribution in [-0.4, -0.2) is 27.4 Å². The third-order valence-corrected chi connectivity index (χ3v) is 5.12. The van der Waals surface area contributed by atoms with Crippen molar-refractivity contribution in [1.29, 1.82) is 0 Å². The summed E-state index contributed by atoms with van der Waals surface area (Å²) in [5.74, 6) is -0.457. The predicted octanol–water partition coefficient (Wildman–Crippen LogP) is 1.71. The Hall–Kier alpha value is -1.89. The lowest BCUT2D eigenvalue weighted by molar-refractivity contribution is -0.120. The number of carbonyl (C=O) groups excluding carboxylic acids is 2. The van der Waals surface area contributed by atoms with E-state index >= 15 is 0 Å². The molecular formula is C15H19NO5S. The van der Waals surface area contributed by atoms with Crippen LogP contribution in [0.4, 0.5) is 0 Å². The highest BCUT2D eigenvalue weighted by molar-refractivity contribution is 7.90. The van der Waals surface area contributed by atoms with E-state index in [1.807, 2.05) is 6.92 Å². The van der Waals surface area contributed by atoms with E-state index in [1.165, 1.54) is 31.4 Å². The summed E-state index contributed by atoms with van der Waals surface area (Å²) in [5, 5.41) is 0. The molecule has 1 atom stereocenters. The van der Waals surface area contributed by atoms with Crippen LogP contribution in [0.3, 0.4) is 0 Å². The summed E-state index contributed by atoms with van der Waals surface area (Å²) in [6.45, 7) is 1.95. The van der Waals surface area contributed by atoms with Crippen LogP contribution in [0, 0.1) is 11.8 Å². The Labute approximate surface area is 129 Å². The van der Waals surface area contributed by atoms with Crippen LogP contribution in [0.5, 0.6) is 0 Å². The number of hydrogen-bond donors (Lipinski definition) is 1. The van der Waals surface area contributed by atoms with Crippen LogP contribution in [0.15, 0.2) is 29.2 Å². The number of esters is 1. The molecule has 1 fully saturated rings. The minimum atomic E-state index is -3.98. The molecule has 1 N–H and O–H groups in total. The molecule has 1 amide bonds. The molecule has 1 aromatic carbocycles. The van der Waals surface area contributed by atoms with Crippen LogP contribution < -0.4 is 4.72 Å². The number of hydrogen-bond acceptors (Lipinski definition) is 5. The number of benzene rings is 1. The van der Waals surface area contributed by atoms with Gasteiger partial charge in [0.25, 0.3) is 10.0 Å². The van der Waals surface area contributed by atoms with Gasteiger partial charge in [0.1, 0.15) is 0 Å². The second-order valence-corrected chi connectivity index (χ2v) is 7.25. The zero-order valence-corrected chi connectivity index (χ0v) is 13.4. The predicted molar refractivity (Wildman–Crippen MR) is 79.6 cm³/mol. The van der Waals surface area contributed by atoms with Gasteiger partial charge >= 0.3 is 5.97 Å². The molecule has 2 rings (SSSR count). The van der Waals surface area contributed by atoms with Crippen LogP contribution >= 0.6 is 0 Å². The summed E-state index contributed by atoms with van der Waals surface area (Å²) in [6.07, 6.45) is 2.38. The molecule has 1 unspecified atom stereocenters. The SMILES string of the molecule is COC(=O)c1cccc(S(=O)(=O)NC(=O)CC(C)C2CC2)c1. The molecule has 22 heavy (non-hydrogen) atoms. The molecule has 0 aromatic heterocycles. The quantitative estimate of drug-likeness (QED) is 0.804. The van der Waals surface area contributed by atoms with Crippen LogP contribution in [-0.2, 0) is 19.6 Å². The number of sulfonamides is 1. The maximum atomic E-state index is 12.2. The lowest BCUT2D eigenvalue weighted by Crippen LogP contribution is -2.32. The van der Waals surface area contributed by atoms with E-state index < -0.39 is 21.9 Å². The molecule has 0 aliphatic heterocycles. The zero-order chi connectivity index (χ0) is 16.3. The summed E-state index contributed by atoms with van der Waals surface area (Å²) < 4.78 is 31.0. The van der Waals surface area contributed by atoms with Gasteiger partial charge in [-0.1, -0.05) is 13.0 Å². The second-order valence-electron chi connectivity index (χ2n) is 5.57. The normalized spacial score (nSPS) is 15.9. The van der Waals surface area contributed by atoms with Gasteiger partial charge in [0.2, 0.25) is 5.91 Å². The number of methoxy groups -OCH3 is 1. The summed E-state index contributed by atoms with van der Waals surface area (Å²) in [5.41, 5.74) is 0.115. The van der Waals surface area contributed by atoms with Gasteiger partial charge in [-0.3, -0.25) is 4.79 Å². The summed E-state index contributed by atoms with van der Waals surface area (Å²) in [4.78, 5) is 23.2. The molecule has 7 heteroatoms. The lowest BCUT2D eigenvalue weighted by Gasteiger charge is -2.11. The third-order valence-electron chi connectivity index (χ3n) is 3.75. The molecule has 0 saturated heterocycles. The Morgan fingerprint density at radius 3 is 2.64 bits per heavy atom. The van der Waals surface area contributed by atoms with Gasteiger partial charge in [-0.05, 0) is 42.9 Å². The largest absolute Gasteiger partial charge is 0.465 e. The van der Waals surface area contributed by atoms with Crippen molar-refractivity contribution in [1.82, 2.24) is 4.72 Å². The lowest BCUT2D eigenvalue weighted by atomic mass is 10.0. The third kappa shape index (κ3) is 4.07. The Morgan fingerprint density at radius 1 is 1.36 bits per heavy atom. The Balaban J connectivity index is 2.09. The van der Waals surface area contributed by atoms with Gasteiger partial charge in [-0.25, -0.2) is 17.9 Å². The van der Waals surface area contributed by atoms with Gasteiger partial charge in [0.05, 0.1) is 17.6 Å². The van der Waals surface area contributed by atoms with Crippen molar-refractivity contribution in [2.45, 2.75) is 31.1 Å². The summed E-state index contributed by atoms with van der Waals surface area (Å²) in [6, 6.07) is 5.39. The van der Waals surface area contributed by atoms with Crippen molar-refractivity contribution in [3.63, 3.8) is 0 Å². The average molecular weight is 325 g/mol. The van der Waals surface area contributed by atoms with E-state index in [9.17, 15) is 18.0 Å². The van der Waals surface area contributed by atoms with Crippen LogP contribution in [0.1, 0.15) is 36.5 Å². The fourth-order valence-electron chi connectivity index (χ4n) is 2.28. The topological polar surface area (TPSA) is 89.5 Å². The van der Waals surface area contributed by atoms with E-state index in [-0.39, 0.29) is 22.8 Å². The Bertz CT molecular complexity index is 679. The molecule has 0 heterocycles. The first kappa shape index (κ1) is 16.5. The van der Waals surface area contributed by atoms with Crippen molar-refractivity contribution < 1.29 is 22.7 Å². The van der Waals surface area contributed by atoms with E-state index in [0.717, 1.165) is 12.8 Å². The number of ether oxygens (including phenoxy) is 1. The number of carbonyl (C=O) groups is 2.